The number of anilines is 1. The van der Waals surface area contributed by atoms with Crippen LogP contribution in [0.15, 0.2) is 106 Å². The molecule has 2 aromatic rings. The average molecular weight is 803 g/mol. The third-order valence-electron chi connectivity index (χ3n) is 9.98. The predicted octanol–water partition coefficient (Wildman–Crippen LogP) is 7.83. The zero-order chi connectivity index (χ0) is 41.1. The molecule has 5 rings (SSSR count). The molecule has 1 unspecified atom stereocenters. The number of benzene rings is 3. The van der Waals surface area contributed by atoms with Crippen LogP contribution in [0.25, 0.3) is 17.4 Å². The topological polar surface area (TPSA) is 171 Å². The highest BCUT2D eigenvalue weighted by Gasteiger charge is 2.43. The van der Waals surface area contributed by atoms with Gasteiger partial charge in [0.1, 0.15) is 18.1 Å². The summed E-state index contributed by atoms with van der Waals surface area (Å²) in [6, 6.07) is 19.0. The van der Waals surface area contributed by atoms with Crippen molar-refractivity contribution >= 4 is 37.7 Å². The van der Waals surface area contributed by atoms with Crippen molar-refractivity contribution in [1.29, 1.82) is 0 Å². The minimum atomic E-state index is -4.50. The van der Waals surface area contributed by atoms with Crippen LogP contribution in [0.3, 0.4) is 0 Å². The molecule has 2 N–H and O–H groups in total. The fraction of sp³-hybridized carbons (Fsp3) is 0.333. The summed E-state index contributed by atoms with van der Waals surface area (Å²) in [5.41, 5.74) is 3.79. The third-order valence-corrected chi connectivity index (χ3v) is 11.6. The average Bonchev–Trinajstić information content (AvgIpc) is 3.34. The van der Waals surface area contributed by atoms with E-state index >= 15 is 0 Å². The highest BCUT2D eigenvalue weighted by molar-refractivity contribution is 7.86. The normalized spacial score (nSPS) is 17.7. The molecule has 0 aromatic heterocycles. The molecule has 1 aliphatic carbocycles. The first-order valence-corrected chi connectivity index (χ1v) is 21.3. The van der Waals surface area contributed by atoms with Crippen molar-refractivity contribution in [3.8, 4) is 11.3 Å². The van der Waals surface area contributed by atoms with Crippen LogP contribution in [0.1, 0.15) is 76.3 Å². The molecule has 3 aliphatic rings. The van der Waals surface area contributed by atoms with Gasteiger partial charge >= 0.3 is 0 Å². The van der Waals surface area contributed by atoms with Crippen LogP contribution in [0.5, 0.6) is 0 Å². The van der Waals surface area contributed by atoms with E-state index in [2.05, 4.69) is 25.3 Å². The zero-order valence-corrected chi connectivity index (χ0v) is 33.8. The van der Waals surface area contributed by atoms with Gasteiger partial charge in [-0.15, -0.1) is 0 Å². The first-order valence-electron chi connectivity index (χ1n) is 18.2. The Kier molecular flexibility index (Phi) is 12.6. The summed E-state index contributed by atoms with van der Waals surface area (Å²) >= 11 is 0. The molecule has 296 valence electrons. The number of fused-ring (bicyclic) bond motifs is 2. The van der Waals surface area contributed by atoms with Gasteiger partial charge in [-0.1, -0.05) is 45.1 Å². The minimum absolute atomic E-state index is 0.0462. The number of allylic oxidation sites excluding steroid dienone is 5. The smallest absolute Gasteiger partial charge is 0.294 e. The fourth-order valence-corrected chi connectivity index (χ4v) is 7.99. The highest BCUT2D eigenvalue weighted by Crippen LogP contribution is 2.51. The molecule has 2 heterocycles. The van der Waals surface area contributed by atoms with E-state index in [4.69, 9.17) is 11.3 Å². The SMILES string of the molecule is [CH]CCC1(C)\C(=C/C=C/C=C/c2cc(C(C)(C)C)oc3cc(=[N+](CC)Cc4ccc([N+](=O)[O-])cc4)ccc2-3)N(CCCS(=O)(=O)O)c2ccc(S(=O)(=O)O)cc21. The molecular formula is C42H48N3O9S2+. The lowest BCUT2D eigenvalue weighted by molar-refractivity contribution is -0.384. The standard InChI is InChI=1S/C42H47N3O9S2/c1-7-23-42(6)36-28-34(56(51,52)53)20-22-37(36)44(24-12-25-55(48,49)50)39(42)14-11-9-10-13-31-26-40(41(3,4)5)54-38-27-33(19-21-35(31)38)43(8-2)29-30-15-17-32(18-16-30)45(46)47/h1,9-11,13-22,26-28H,7-8,12,23-25,29H2,2-6H3,(H-,48,49,50,51,52,53)/p+1. The fourth-order valence-electron chi connectivity index (χ4n) is 6.99. The molecule has 0 fully saturated rings. The summed E-state index contributed by atoms with van der Waals surface area (Å²) in [7, 11) is -8.71. The number of hydrogen-bond acceptors (Lipinski definition) is 8. The van der Waals surface area contributed by atoms with Crippen LogP contribution in [0.4, 0.5) is 11.4 Å². The number of hydrogen-bond donors (Lipinski definition) is 2. The van der Waals surface area contributed by atoms with Gasteiger partial charge in [0, 0.05) is 58.1 Å². The minimum Gasteiger partial charge on any atom is -0.460 e. The van der Waals surface area contributed by atoms with Crippen molar-refractivity contribution in [2.24, 2.45) is 0 Å². The molecule has 2 aliphatic heterocycles. The number of non-ortho nitro benzene ring substituents is 1. The maximum atomic E-state index is 12.1. The lowest BCUT2D eigenvalue weighted by atomic mass is 9.77. The van der Waals surface area contributed by atoms with Crippen molar-refractivity contribution < 1.29 is 35.3 Å². The monoisotopic (exact) mass is 802 g/mol. The van der Waals surface area contributed by atoms with Crippen LogP contribution < -0.4 is 14.8 Å². The van der Waals surface area contributed by atoms with Crippen molar-refractivity contribution in [3.05, 3.63) is 142 Å². The summed E-state index contributed by atoms with van der Waals surface area (Å²) in [6.45, 7) is 17.7. The Balaban J connectivity index is 1.52. The Morgan fingerprint density at radius 2 is 1.68 bits per heavy atom. The molecule has 1 atom stereocenters. The van der Waals surface area contributed by atoms with Crippen LogP contribution in [-0.2, 0) is 37.6 Å². The van der Waals surface area contributed by atoms with Gasteiger partial charge in [-0.05, 0) is 99.7 Å². The Hall–Kier alpha value is -4.89. The Morgan fingerprint density at radius 3 is 2.29 bits per heavy atom. The molecule has 56 heavy (non-hydrogen) atoms. The van der Waals surface area contributed by atoms with Crippen LogP contribution in [0.2, 0.25) is 0 Å². The maximum Gasteiger partial charge on any atom is 0.294 e. The van der Waals surface area contributed by atoms with Crippen molar-refractivity contribution in [3.63, 3.8) is 0 Å². The number of rotatable bonds is 14. The van der Waals surface area contributed by atoms with Gasteiger partial charge in [0.2, 0.25) is 5.36 Å². The number of nitro benzene ring substituents is 1. The van der Waals surface area contributed by atoms with Gasteiger partial charge in [0.25, 0.3) is 25.9 Å². The van der Waals surface area contributed by atoms with E-state index in [1.54, 1.807) is 18.2 Å². The van der Waals surface area contributed by atoms with E-state index in [1.165, 1.54) is 24.3 Å². The van der Waals surface area contributed by atoms with Crippen molar-refractivity contribution in [2.75, 3.05) is 23.7 Å². The second-order valence-corrected chi connectivity index (χ2v) is 18.0. The maximum absolute atomic E-state index is 12.1. The summed E-state index contributed by atoms with van der Waals surface area (Å²) < 4.78 is 75.1. The van der Waals surface area contributed by atoms with E-state index in [9.17, 15) is 36.1 Å². The van der Waals surface area contributed by atoms with Crippen LogP contribution in [0, 0.1) is 17.0 Å². The van der Waals surface area contributed by atoms with Crippen LogP contribution in [-0.4, -0.2) is 49.7 Å². The quantitative estimate of drug-likeness (QED) is 0.0421. The molecule has 12 nitrogen and oxygen atoms in total. The Morgan fingerprint density at radius 1 is 0.964 bits per heavy atom. The molecule has 0 amide bonds. The second kappa shape index (κ2) is 16.7. The second-order valence-electron chi connectivity index (χ2n) is 15.0. The van der Waals surface area contributed by atoms with Gasteiger partial charge < -0.3 is 9.32 Å². The lowest BCUT2D eigenvalue weighted by Gasteiger charge is -2.30. The molecule has 0 saturated carbocycles. The first kappa shape index (κ1) is 42.3. The number of nitro groups is 1. The zero-order valence-electron chi connectivity index (χ0n) is 32.2. The van der Waals surface area contributed by atoms with Crippen molar-refractivity contribution in [1.82, 2.24) is 4.58 Å². The lowest BCUT2D eigenvalue weighted by Crippen LogP contribution is -2.30. The molecule has 2 radical (unpaired) electrons. The van der Waals surface area contributed by atoms with Gasteiger partial charge in [0.15, 0.2) is 6.54 Å². The number of nitrogens with zero attached hydrogens (tertiary/aromatic N) is 3. The van der Waals surface area contributed by atoms with E-state index in [1.807, 2.05) is 73.4 Å². The highest BCUT2D eigenvalue weighted by atomic mass is 32.2. The van der Waals surface area contributed by atoms with Crippen LogP contribution >= 0.6 is 0 Å². The molecule has 14 heteroatoms. The Labute approximate surface area is 329 Å². The first-order chi connectivity index (χ1) is 26.2. The molecule has 2 aromatic carbocycles. The molecule has 0 bridgehead atoms. The summed E-state index contributed by atoms with van der Waals surface area (Å²) in [5, 5.41) is 12.1. The van der Waals surface area contributed by atoms with Gasteiger partial charge in [-0.25, -0.2) is 4.58 Å². The third kappa shape index (κ3) is 9.73. The van der Waals surface area contributed by atoms with Gasteiger partial charge in [-0.3, -0.25) is 19.2 Å². The molecule has 0 spiro atoms. The van der Waals surface area contributed by atoms with E-state index in [-0.39, 0.29) is 35.4 Å². The van der Waals surface area contributed by atoms with Gasteiger partial charge in [0.05, 0.1) is 21.6 Å². The molecular weight excluding hydrogens is 755 g/mol. The summed E-state index contributed by atoms with van der Waals surface area (Å²) in [6.07, 6.45) is 10.3. The Bertz CT molecular complexity index is 2460. The van der Waals surface area contributed by atoms with Crippen molar-refractivity contribution in [2.45, 2.75) is 76.2 Å². The van der Waals surface area contributed by atoms with E-state index in [0.717, 1.165) is 33.5 Å². The summed E-state index contributed by atoms with van der Waals surface area (Å²) in [4.78, 5) is 12.4. The predicted molar refractivity (Wildman–Crippen MR) is 218 cm³/mol. The summed E-state index contributed by atoms with van der Waals surface area (Å²) in [5.74, 6) is 1.04. The van der Waals surface area contributed by atoms with E-state index < -0.39 is 36.3 Å². The van der Waals surface area contributed by atoms with E-state index in [0.29, 0.717) is 36.5 Å². The molecule has 0 saturated heterocycles. The largest absolute Gasteiger partial charge is 0.460 e. The van der Waals surface area contributed by atoms with Gasteiger partial charge in [-0.2, -0.15) is 16.8 Å².